The summed E-state index contributed by atoms with van der Waals surface area (Å²) in [5, 5.41) is 12.4. The number of piperidine rings is 1. The van der Waals surface area contributed by atoms with Crippen LogP contribution in [0.25, 0.3) is 0 Å². The van der Waals surface area contributed by atoms with E-state index in [2.05, 4.69) is 5.32 Å². The number of hydrogen-bond donors (Lipinski definition) is 3. The second-order valence-corrected chi connectivity index (χ2v) is 8.14. The van der Waals surface area contributed by atoms with E-state index in [9.17, 15) is 19.6 Å². The normalized spacial score (nSPS) is 18.5. The van der Waals surface area contributed by atoms with E-state index < -0.39 is 30.1 Å². The summed E-state index contributed by atoms with van der Waals surface area (Å²) in [6.45, 7) is 5.83. The largest absolute Gasteiger partial charge is 0.425 e. The summed E-state index contributed by atoms with van der Waals surface area (Å²) in [7, 11) is 0. The number of carbonyl (C=O) groups excluding carboxylic acids is 3. The van der Waals surface area contributed by atoms with Gasteiger partial charge in [-0.1, -0.05) is 30.7 Å². The van der Waals surface area contributed by atoms with Gasteiger partial charge in [0.25, 0.3) is 0 Å². The molecule has 0 aliphatic carbocycles. The molecule has 1 saturated heterocycles. The first kappa shape index (κ1) is 24.0. The molecule has 1 aliphatic heterocycles. The van der Waals surface area contributed by atoms with Gasteiger partial charge in [-0.2, -0.15) is 0 Å². The van der Waals surface area contributed by atoms with Crippen molar-refractivity contribution >= 4 is 29.5 Å². The highest BCUT2D eigenvalue weighted by molar-refractivity contribution is 6.30. The Balaban J connectivity index is 2.35. The first-order valence-corrected chi connectivity index (χ1v) is 10.6. The van der Waals surface area contributed by atoms with Gasteiger partial charge in [-0.25, -0.2) is 10.3 Å². The van der Waals surface area contributed by atoms with Crippen LogP contribution in [0.4, 0.5) is 4.79 Å². The van der Waals surface area contributed by atoms with Crippen LogP contribution in [0.1, 0.15) is 57.9 Å². The Morgan fingerprint density at radius 3 is 2.47 bits per heavy atom. The molecular formula is C21H30ClN3O5. The number of hydrogen-bond acceptors (Lipinski definition) is 5. The third kappa shape index (κ3) is 6.09. The first-order chi connectivity index (χ1) is 14.3. The van der Waals surface area contributed by atoms with Gasteiger partial charge < -0.3 is 15.0 Å². The van der Waals surface area contributed by atoms with Gasteiger partial charge in [0.1, 0.15) is 0 Å². The zero-order valence-electron chi connectivity index (χ0n) is 17.6. The molecule has 3 N–H and O–H groups in total. The molecule has 166 valence electrons. The van der Waals surface area contributed by atoms with Crippen LogP contribution in [-0.2, 0) is 14.3 Å². The smallest absolute Gasteiger partial charge is 0.409 e. The van der Waals surface area contributed by atoms with Crippen LogP contribution in [0.3, 0.4) is 0 Å². The number of alkyl carbamates (subject to hydrolysis) is 1. The Kier molecular flexibility index (Phi) is 8.92. The molecule has 0 unspecified atom stereocenters. The van der Waals surface area contributed by atoms with Crippen molar-refractivity contribution in [3.63, 3.8) is 0 Å². The summed E-state index contributed by atoms with van der Waals surface area (Å²) in [5.41, 5.74) is 2.28. The molecule has 1 heterocycles. The highest BCUT2D eigenvalue weighted by Crippen LogP contribution is 2.33. The van der Waals surface area contributed by atoms with Gasteiger partial charge in [0.15, 0.2) is 6.23 Å². The minimum atomic E-state index is -0.850. The maximum atomic E-state index is 13.6. The zero-order chi connectivity index (χ0) is 22.3. The van der Waals surface area contributed by atoms with Crippen LogP contribution < -0.4 is 10.8 Å². The molecule has 0 radical (unpaired) electrons. The van der Waals surface area contributed by atoms with Crippen LogP contribution in [0.5, 0.6) is 0 Å². The fourth-order valence-electron chi connectivity index (χ4n) is 3.72. The third-order valence-corrected chi connectivity index (χ3v) is 5.42. The standard InChI is InChI=1S/C21H30ClN3O5/c1-4-16(19(26)24-29)18(14-8-10-15(22)11-9-14)20(27)25-12-6-5-7-17(25)30-21(28)23-13(2)3/h8-11,13,16-18,29H,4-7,12H2,1-3H3,(H,23,28)(H,24,26)/t16-,17-,18+/m0/s1. The van der Waals surface area contributed by atoms with E-state index in [-0.39, 0.29) is 11.9 Å². The second kappa shape index (κ2) is 11.2. The highest BCUT2D eigenvalue weighted by atomic mass is 35.5. The number of rotatable bonds is 7. The van der Waals surface area contributed by atoms with Crippen LogP contribution in [0, 0.1) is 5.92 Å². The van der Waals surface area contributed by atoms with E-state index in [4.69, 9.17) is 16.3 Å². The molecule has 8 nitrogen and oxygen atoms in total. The number of halogens is 1. The maximum Gasteiger partial charge on any atom is 0.409 e. The van der Waals surface area contributed by atoms with Gasteiger partial charge in [0.2, 0.25) is 11.8 Å². The van der Waals surface area contributed by atoms with Crippen LogP contribution in [0.15, 0.2) is 24.3 Å². The van der Waals surface area contributed by atoms with Crippen molar-refractivity contribution in [2.45, 2.75) is 64.6 Å². The lowest BCUT2D eigenvalue weighted by Gasteiger charge is -2.38. The first-order valence-electron chi connectivity index (χ1n) is 10.3. The molecule has 1 aromatic carbocycles. The van der Waals surface area contributed by atoms with Gasteiger partial charge in [-0.15, -0.1) is 0 Å². The number of nitrogens with one attached hydrogen (secondary N) is 2. The van der Waals surface area contributed by atoms with Crippen molar-refractivity contribution < 1.29 is 24.3 Å². The van der Waals surface area contributed by atoms with E-state index in [1.54, 1.807) is 36.7 Å². The van der Waals surface area contributed by atoms with Crippen molar-refractivity contribution in [2.75, 3.05) is 6.54 Å². The van der Waals surface area contributed by atoms with Crippen molar-refractivity contribution in [1.29, 1.82) is 0 Å². The van der Waals surface area contributed by atoms with Gasteiger partial charge in [0, 0.05) is 24.0 Å². The number of hydroxylamine groups is 1. The minimum absolute atomic E-state index is 0.0928. The fourth-order valence-corrected chi connectivity index (χ4v) is 3.85. The lowest BCUT2D eigenvalue weighted by atomic mass is 9.82. The average molecular weight is 440 g/mol. The molecule has 1 aliphatic rings. The molecular weight excluding hydrogens is 410 g/mol. The lowest BCUT2D eigenvalue weighted by molar-refractivity contribution is -0.151. The Hall–Kier alpha value is -2.32. The molecule has 3 atom stereocenters. The number of carbonyl (C=O) groups is 3. The third-order valence-electron chi connectivity index (χ3n) is 5.16. The predicted molar refractivity (Wildman–Crippen MR) is 112 cm³/mol. The van der Waals surface area contributed by atoms with E-state index in [1.807, 2.05) is 13.8 Å². The second-order valence-electron chi connectivity index (χ2n) is 7.71. The lowest BCUT2D eigenvalue weighted by Crippen LogP contribution is -2.51. The Labute approximate surface area is 181 Å². The Bertz CT molecular complexity index is 741. The summed E-state index contributed by atoms with van der Waals surface area (Å²) >= 11 is 5.99. The average Bonchev–Trinajstić information content (AvgIpc) is 2.71. The maximum absolute atomic E-state index is 13.6. The van der Waals surface area contributed by atoms with E-state index in [0.29, 0.717) is 30.0 Å². The number of amides is 3. The Morgan fingerprint density at radius 1 is 1.23 bits per heavy atom. The quantitative estimate of drug-likeness (QED) is 0.445. The predicted octanol–water partition coefficient (Wildman–Crippen LogP) is 3.43. The molecule has 2 rings (SSSR count). The number of nitrogens with zero attached hydrogens (tertiary/aromatic N) is 1. The van der Waals surface area contributed by atoms with E-state index in [1.165, 1.54) is 4.90 Å². The minimum Gasteiger partial charge on any atom is -0.425 e. The number of ether oxygens (including phenoxy) is 1. The molecule has 9 heteroatoms. The molecule has 0 aromatic heterocycles. The van der Waals surface area contributed by atoms with Gasteiger partial charge in [-0.05, 0) is 50.8 Å². The van der Waals surface area contributed by atoms with E-state index >= 15 is 0 Å². The fraction of sp³-hybridized carbons (Fsp3) is 0.571. The molecule has 3 amide bonds. The topological polar surface area (TPSA) is 108 Å². The number of likely N-dealkylation sites (tertiary alicyclic amines) is 1. The monoisotopic (exact) mass is 439 g/mol. The van der Waals surface area contributed by atoms with Crippen molar-refractivity contribution in [2.24, 2.45) is 5.92 Å². The molecule has 1 fully saturated rings. The van der Waals surface area contributed by atoms with E-state index in [0.717, 1.165) is 12.8 Å². The van der Waals surface area contributed by atoms with Gasteiger partial charge >= 0.3 is 6.09 Å². The molecule has 1 aromatic rings. The van der Waals surface area contributed by atoms with Crippen LogP contribution in [0.2, 0.25) is 5.02 Å². The van der Waals surface area contributed by atoms with Crippen molar-refractivity contribution in [3.05, 3.63) is 34.9 Å². The van der Waals surface area contributed by atoms with Crippen molar-refractivity contribution in [1.82, 2.24) is 15.7 Å². The Morgan fingerprint density at radius 2 is 1.90 bits per heavy atom. The number of benzene rings is 1. The summed E-state index contributed by atoms with van der Waals surface area (Å²) in [6.07, 6.45) is 1.15. The SMILES string of the molecule is CC[C@H](C(=O)NO)[C@H](C(=O)N1CCCC[C@@H]1OC(=O)NC(C)C)c1ccc(Cl)cc1. The highest BCUT2D eigenvalue weighted by Gasteiger charge is 2.40. The van der Waals surface area contributed by atoms with Gasteiger partial charge in [0.05, 0.1) is 11.8 Å². The summed E-state index contributed by atoms with van der Waals surface area (Å²) in [6, 6.07) is 6.61. The van der Waals surface area contributed by atoms with Gasteiger partial charge in [-0.3, -0.25) is 14.8 Å². The summed E-state index contributed by atoms with van der Waals surface area (Å²) < 4.78 is 5.53. The summed E-state index contributed by atoms with van der Waals surface area (Å²) in [5.74, 6) is -2.61. The van der Waals surface area contributed by atoms with Crippen molar-refractivity contribution in [3.8, 4) is 0 Å². The zero-order valence-corrected chi connectivity index (χ0v) is 18.3. The molecule has 30 heavy (non-hydrogen) atoms. The van der Waals surface area contributed by atoms with Crippen LogP contribution >= 0.6 is 11.6 Å². The molecule has 0 saturated carbocycles. The van der Waals surface area contributed by atoms with Crippen LogP contribution in [-0.4, -0.2) is 46.8 Å². The molecule has 0 spiro atoms. The molecule has 0 bridgehead atoms. The summed E-state index contributed by atoms with van der Waals surface area (Å²) in [4.78, 5) is 39.6.